The van der Waals surface area contributed by atoms with Crippen molar-refractivity contribution in [2.75, 3.05) is 13.7 Å². The van der Waals surface area contributed by atoms with E-state index in [1.807, 2.05) is 0 Å². The first kappa shape index (κ1) is 12.2. The molecule has 0 bridgehead atoms. The molecule has 1 unspecified atom stereocenters. The Labute approximate surface area is 93.6 Å². The van der Waals surface area contributed by atoms with Crippen molar-refractivity contribution in [3.05, 3.63) is 12.4 Å². The standard InChI is InChI=1S/C10H14N2O4/c1-4-15-9(13)7(2)16-10-11-5-8(14-3)6-12-10/h5-7H,4H2,1-3H3. The van der Waals surface area contributed by atoms with Crippen molar-refractivity contribution in [3.8, 4) is 11.8 Å². The minimum absolute atomic E-state index is 0.112. The van der Waals surface area contributed by atoms with Gasteiger partial charge in [-0.1, -0.05) is 0 Å². The second kappa shape index (κ2) is 5.89. The summed E-state index contributed by atoms with van der Waals surface area (Å²) in [5.74, 6) is 0.0815. The Balaban J connectivity index is 2.55. The van der Waals surface area contributed by atoms with Gasteiger partial charge in [0.05, 0.1) is 26.1 Å². The fourth-order valence-electron chi connectivity index (χ4n) is 0.936. The van der Waals surface area contributed by atoms with E-state index in [2.05, 4.69) is 9.97 Å². The molecule has 0 saturated carbocycles. The molecule has 0 saturated heterocycles. The van der Waals surface area contributed by atoms with Crippen LogP contribution in [0.4, 0.5) is 0 Å². The zero-order valence-electron chi connectivity index (χ0n) is 9.47. The Morgan fingerprint density at radius 1 is 1.44 bits per heavy atom. The summed E-state index contributed by atoms with van der Waals surface area (Å²) in [6.07, 6.45) is 2.19. The van der Waals surface area contributed by atoms with Crippen LogP contribution in [-0.2, 0) is 9.53 Å². The van der Waals surface area contributed by atoms with Gasteiger partial charge >= 0.3 is 12.0 Å². The predicted octanol–water partition coefficient (Wildman–Crippen LogP) is 0.816. The number of rotatable bonds is 5. The van der Waals surface area contributed by atoms with Crippen LogP contribution < -0.4 is 9.47 Å². The molecule has 0 aromatic carbocycles. The van der Waals surface area contributed by atoms with Gasteiger partial charge in [0.2, 0.25) is 0 Å². The summed E-state index contributed by atoms with van der Waals surface area (Å²) in [6, 6.07) is 0.112. The summed E-state index contributed by atoms with van der Waals surface area (Å²) < 4.78 is 14.8. The number of aromatic nitrogens is 2. The lowest BCUT2D eigenvalue weighted by Crippen LogP contribution is -2.26. The first-order valence-corrected chi connectivity index (χ1v) is 4.86. The SMILES string of the molecule is CCOC(=O)C(C)Oc1ncc(OC)cn1. The molecule has 0 aliphatic rings. The van der Waals surface area contributed by atoms with E-state index in [0.29, 0.717) is 12.4 Å². The summed E-state index contributed by atoms with van der Waals surface area (Å²) in [6.45, 7) is 3.62. The van der Waals surface area contributed by atoms with Gasteiger partial charge in [0, 0.05) is 0 Å². The summed E-state index contributed by atoms with van der Waals surface area (Å²) in [4.78, 5) is 19.0. The molecule has 88 valence electrons. The number of ether oxygens (including phenoxy) is 3. The number of esters is 1. The highest BCUT2D eigenvalue weighted by Crippen LogP contribution is 2.10. The maximum atomic E-state index is 11.2. The number of carbonyl (C=O) groups excluding carboxylic acids is 1. The van der Waals surface area contributed by atoms with Crippen molar-refractivity contribution in [2.24, 2.45) is 0 Å². The van der Waals surface area contributed by atoms with Crippen LogP contribution in [0.5, 0.6) is 11.8 Å². The molecule has 1 heterocycles. The van der Waals surface area contributed by atoms with E-state index in [9.17, 15) is 4.79 Å². The topological polar surface area (TPSA) is 70.5 Å². The van der Waals surface area contributed by atoms with E-state index >= 15 is 0 Å². The molecule has 1 rings (SSSR count). The van der Waals surface area contributed by atoms with Gasteiger partial charge in [-0.2, -0.15) is 9.97 Å². The first-order chi connectivity index (χ1) is 7.67. The van der Waals surface area contributed by atoms with Crippen molar-refractivity contribution in [3.63, 3.8) is 0 Å². The van der Waals surface area contributed by atoms with E-state index in [1.54, 1.807) is 13.8 Å². The number of nitrogens with zero attached hydrogens (tertiary/aromatic N) is 2. The van der Waals surface area contributed by atoms with E-state index in [0.717, 1.165) is 0 Å². The van der Waals surface area contributed by atoms with E-state index in [1.165, 1.54) is 19.5 Å². The lowest BCUT2D eigenvalue weighted by atomic mass is 10.4. The van der Waals surface area contributed by atoms with Crippen LogP contribution in [0.2, 0.25) is 0 Å². The third-order valence-electron chi connectivity index (χ3n) is 1.74. The molecule has 16 heavy (non-hydrogen) atoms. The molecule has 0 fully saturated rings. The Morgan fingerprint density at radius 3 is 2.56 bits per heavy atom. The van der Waals surface area contributed by atoms with Crippen LogP contribution >= 0.6 is 0 Å². The summed E-state index contributed by atoms with van der Waals surface area (Å²) in [5, 5.41) is 0. The van der Waals surface area contributed by atoms with Gasteiger partial charge < -0.3 is 14.2 Å². The summed E-state index contributed by atoms with van der Waals surface area (Å²) >= 11 is 0. The van der Waals surface area contributed by atoms with Crippen LogP contribution in [-0.4, -0.2) is 35.8 Å². The predicted molar refractivity (Wildman–Crippen MR) is 55.3 cm³/mol. The lowest BCUT2D eigenvalue weighted by molar-refractivity contribution is -0.150. The number of hydrogen-bond acceptors (Lipinski definition) is 6. The maximum absolute atomic E-state index is 11.2. The Morgan fingerprint density at radius 2 is 2.06 bits per heavy atom. The van der Waals surface area contributed by atoms with Crippen molar-refractivity contribution in [1.82, 2.24) is 9.97 Å². The molecule has 0 aliphatic carbocycles. The molecule has 6 heteroatoms. The van der Waals surface area contributed by atoms with Gasteiger partial charge in [0.15, 0.2) is 11.9 Å². The minimum atomic E-state index is -0.728. The van der Waals surface area contributed by atoms with E-state index < -0.39 is 12.1 Å². The van der Waals surface area contributed by atoms with Gasteiger partial charge in [-0.25, -0.2) is 4.79 Å². The highest BCUT2D eigenvalue weighted by molar-refractivity contribution is 5.74. The van der Waals surface area contributed by atoms with Crippen molar-refractivity contribution < 1.29 is 19.0 Å². The minimum Gasteiger partial charge on any atom is -0.494 e. The lowest BCUT2D eigenvalue weighted by Gasteiger charge is -2.11. The zero-order chi connectivity index (χ0) is 12.0. The van der Waals surface area contributed by atoms with Crippen LogP contribution in [0.15, 0.2) is 12.4 Å². The molecule has 0 aliphatic heterocycles. The number of carbonyl (C=O) groups is 1. The molecular formula is C10H14N2O4. The van der Waals surface area contributed by atoms with Gasteiger partial charge in [-0.3, -0.25) is 0 Å². The fourth-order valence-corrected chi connectivity index (χ4v) is 0.936. The van der Waals surface area contributed by atoms with Crippen LogP contribution in [0.3, 0.4) is 0 Å². The molecule has 1 aromatic rings. The monoisotopic (exact) mass is 226 g/mol. The average molecular weight is 226 g/mol. The molecule has 1 atom stereocenters. The highest BCUT2D eigenvalue weighted by atomic mass is 16.6. The number of methoxy groups -OCH3 is 1. The van der Waals surface area contributed by atoms with Crippen molar-refractivity contribution in [1.29, 1.82) is 0 Å². The van der Waals surface area contributed by atoms with E-state index in [4.69, 9.17) is 14.2 Å². The van der Waals surface area contributed by atoms with Crippen molar-refractivity contribution >= 4 is 5.97 Å². The van der Waals surface area contributed by atoms with Crippen LogP contribution in [0, 0.1) is 0 Å². The molecule has 1 aromatic heterocycles. The smallest absolute Gasteiger partial charge is 0.347 e. The second-order valence-corrected chi connectivity index (χ2v) is 2.92. The summed E-state index contributed by atoms with van der Waals surface area (Å²) in [5.41, 5.74) is 0. The zero-order valence-corrected chi connectivity index (χ0v) is 9.47. The largest absolute Gasteiger partial charge is 0.494 e. The third kappa shape index (κ3) is 3.38. The Kier molecular flexibility index (Phi) is 4.50. The number of hydrogen-bond donors (Lipinski definition) is 0. The van der Waals surface area contributed by atoms with E-state index in [-0.39, 0.29) is 6.01 Å². The normalized spacial score (nSPS) is 11.7. The molecule has 0 amide bonds. The van der Waals surface area contributed by atoms with Crippen LogP contribution in [0.25, 0.3) is 0 Å². The van der Waals surface area contributed by atoms with Gasteiger partial charge in [-0.15, -0.1) is 0 Å². The molecule has 0 N–H and O–H groups in total. The average Bonchev–Trinajstić information content (AvgIpc) is 2.30. The molecule has 0 spiro atoms. The van der Waals surface area contributed by atoms with Gasteiger partial charge in [0.1, 0.15) is 0 Å². The van der Waals surface area contributed by atoms with Gasteiger partial charge in [-0.05, 0) is 13.8 Å². The molecular weight excluding hydrogens is 212 g/mol. The molecule has 6 nitrogen and oxygen atoms in total. The first-order valence-electron chi connectivity index (χ1n) is 4.86. The molecule has 0 radical (unpaired) electrons. The third-order valence-corrected chi connectivity index (χ3v) is 1.74. The highest BCUT2D eigenvalue weighted by Gasteiger charge is 2.16. The summed E-state index contributed by atoms with van der Waals surface area (Å²) in [7, 11) is 1.51. The quantitative estimate of drug-likeness (QED) is 0.692. The Bertz CT molecular complexity index is 339. The van der Waals surface area contributed by atoms with Crippen LogP contribution in [0.1, 0.15) is 13.8 Å². The fraction of sp³-hybridized carbons (Fsp3) is 0.500. The maximum Gasteiger partial charge on any atom is 0.347 e. The Hall–Kier alpha value is -1.85. The van der Waals surface area contributed by atoms with Gasteiger partial charge in [0.25, 0.3) is 0 Å². The second-order valence-electron chi connectivity index (χ2n) is 2.92. The van der Waals surface area contributed by atoms with Crippen molar-refractivity contribution in [2.45, 2.75) is 20.0 Å².